The van der Waals surface area contributed by atoms with E-state index in [1.165, 1.54) is 33.5 Å². The number of nitrogens with zero attached hydrogens (tertiary/aromatic N) is 1. The fourth-order valence-electron chi connectivity index (χ4n) is 3.62. The van der Waals surface area contributed by atoms with Gasteiger partial charge in [-0.05, 0) is 36.2 Å². The molecule has 0 aliphatic heterocycles. The van der Waals surface area contributed by atoms with E-state index >= 15 is 0 Å². The summed E-state index contributed by atoms with van der Waals surface area (Å²) >= 11 is 0. The van der Waals surface area contributed by atoms with Crippen molar-refractivity contribution in [3.63, 3.8) is 0 Å². The van der Waals surface area contributed by atoms with Crippen molar-refractivity contribution >= 4 is 0 Å². The number of rotatable bonds is 5. The molecule has 0 aliphatic rings. The molecule has 1 heterocycles. The van der Waals surface area contributed by atoms with E-state index in [2.05, 4.69) is 115 Å². The molecule has 4 aromatic rings. The van der Waals surface area contributed by atoms with E-state index in [0.29, 0.717) is 0 Å². The van der Waals surface area contributed by atoms with E-state index in [-0.39, 0.29) is 0 Å². The highest BCUT2D eigenvalue weighted by atomic mass is 15.0. The molecule has 0 fully saturated rings. The predicted molar refractivity (Wildman–Crippen MR) is 112 cm³/mol. The van der Waals surface area contributed by atoms with Crippen molar-refractivity contribution in [1.29, 1.82) is 0 Å². The van der Waals surface area contributed by atoms with Gasteiger partial charge in [0.2, 0.25) is 5.69 Å². The summed E-state index contributed by atoms with van der Waals surface area (Å²) in [4.78, 5) is 0. The number of benzene rings is 3. The summed E-state index contributed by atoms with van der Waals surface area (Å²) in [6, 6.07) is 34.4. The Morgan fingerprint density at radius 2 is 1.22 bits per heavy atom. The molecule has 0 N–H and O–H groups in total. The largest absolute Gasteiger partial charge is 0.220 e. The van der Waals surface area contributed by atoms with Crippen LogP contribution in [0.15, 0.2) is 103 Å². The standard InChI is InChI=1S/C26H24N/c1-21-19-25(23-13-7-3-8-14-23)26(24-15-9-4-10-16-24)27(20-21)18-17-22-11-5-2-6-12-22/h2-16,19-20H,17-18H2,1H3/q+1. The Bertz CT molecular complexity index is 1010. The maximum atomic E-state index is 2.42. The Morgan fingerprint density at radius 3 is 1.85 bits per heavy atom. The van der Waals surface area contributed by atoms with Crippen LogP contribution in [0.5, 0.6) is 0 Å². The molecule has 0 saturated carbocycles. The van der Waals surface area contributed by atoms with Crippen LogP contribution < -0.4 is 4.57 Å². The second kappa shape index (κ2) is 8.01. The molecule has 0 atom stereocenters. The third-order valence-electron chi connectivity index (χ3n) is 4.89. The van der Waals surface area contributed by atoms with Crippen molar-refractivity contribution in [2.24, 2.45) is 0 Å². The number of hydrogen-bond donors (Lipinski definition) is 0. The van der Waals surface area contributed by atoms with Crippen molar-refractivity contribution < 1.29 is 4.57 Å². The minimum atomic E-state index is 0.954. The maximum Gasteiger partial charge on any atom is 0.220 e. The number of pyridine rings is 1. The first-order chi connectivity index (χ1) is 13.3. The van der Waals surface area contributed by atoms with Crippen LogP contribution in [0.3, 0.4) is 0 Å². The Morgan fingerprint density at radius 1 is 0.667 bits per heavy atom. The summed E-state index contributed by atoms with van der Waals surface area (Å²) in [6.45, 7) is 3.13. The highest BCUT2D eigenvalue weighted by Gasteiger charge is 2.20. The average molecular weight is 350 g/mol. The molecule has 0 unspecified atom stereocenters. The molecule has 0 saturated heterocycles. The fraction of sp³-hybridized carbons (Fsp3) is 0.115. The van der Waals surface area contributed by atoms with Crippen molar-refractivity contribution in [1.82, 2.24) is 0 Å². The second-order valence-corrected chi connectivity index (χ2v) is 6.94. The highest BCUT2D eigenvalue weighted by molar-refractivity contribution is 5.79. The molecule has 4 rings (SSSR count). The molecule has 0 aliphatic carbocycles. The first-order valence-corrected chi connectivity index (χ1v) is 9.50. The smallest absolute Gasteiger partial charge is 0.197 e. The van der Waals surface area contributed by atoms with Gasteiger partial charge in [0.25, 0.3) is 0 Å². The van der Waals surface area contributed by atoms with E-state index in [1.807, 2.05) is 0 Å². The third kappa shape index (κ3) is 3.98. The SMILES string of the molecule is Cc1cc(-c2ccccc2)c(-c2ccccc2)[n+](CCc2ccccc2)c1. The van der Waals surface area contributed by atoms with Crippen LogP contribution >= 0.6 is 0 Å². The molecule has 3 aromatic carbocycles. The van der Waals surface area contributed by atoms with Gasteiger partial charge in [-0.25, -0.2) is 0 Å². The van der Waals surface area contributed by atoms with Gasteiger partial charge in [0, 0.05) is 17.5 Å². The highest BCUT2D eigenvalue weighted by Crippen LogP contribution is 2.30. The number of aryl methyl sites for hydroxylation is 3. The van der Waals surface area contributed by atoms with Crippen molar-refractivity contribution in [2.45, 2.75) is 19.9 Å². The first-order valence-electron chi connectivity index (χ1n) is 9.50. The lowest BCUT2D eigenvalue weighted by molar-refractivity contribution is -0.685. The van der Waals surface area contributed by atoms with E-state index < -0.39 is 0 Å². The van der Waals surface area contributed by atoms with E-state index in [1.54, 1.807) is 0 Å². The van der Waals surface area contributed by atoms with Gasteiger partial charge in [0.15, 0.2) is 12.7 Å². The normalized spacial score (nSPS) is 10.7. The first kappa shape index (κ1) is 17.2. The molecule has 1 nitrogen and oxygen atoms in total. The zero-order chi connectivity index (χ0) is 18.5. The number of hydrogen-bond acceptors (Lipinski definition) is 0. The van der Waals surface area contributed by atoms with Gasteiger partial charge < -0.3 is 0 Å². The van der Waals surface area contributed by atoms with Gasteiger partial charge in [-0.15, -0.1) is 0 Å². The van der Waals surface area contributed by atoms with Gasteiger partial charge in [0.1, 0.15) is 0 Å². The van der Waals surface area contributed by atoms with Crippen LogP contribution in [0.1, 0.15) is 11.1 Å². The molecular formula is C26H24N+. The molecule has 0 amide bonds. The van der Waals surface area contributed by atoms with Crippen LogP contribution in [-0.2, 0) is 13.0 Å². The minimum absolute atomic E-state index is 0.954. The van der Waals surface area contributed by atoms with Gasteiger partial charge in [0.05, 0.1) is 5.56 Å². The molecular weight excluding hydrogens is 326 g/mol. The van der Waals surface area contributed by atoms with E-state index in [4.69, 9.17) is 0 Å². The maximum absolute atomic E-state index is 2.42. The lowest BCUT2D eigenvalue weighted by Crippen LogP contribution is -2.38. The predicted octanol–water partition coefficient (Wildman–Crippen LogP) is 5.86. The Balaban J connectivity index is 1.83. The van der Waals surface area contributed by atoms with Crippen LogP contribution in [0.2, 0.25) is 0 Å². The average Bonchev–Trinajstić information content (AvgIpc) is 2.74. The lowest BCUT2D eigenvalue weighted by atomic mass is 9.97. The monoisotopic (exact) mass is 350 g/mol. The summed E-state index contributed by atoms with van der Waals surface area (Å²) < 4.78 is 2.42. The summed E-state index contributed by atoms with van der Waals surface area (Å²) in [7, 11) is 0. The van der Waals surface area contributed by atoms with E-state index in [0.717, 1.165) is 13.0 Å². The quantitative estimate of drug-likeness (QED) is 0.397. The van der Waals surface area contributed by atoms with Crippen molar-refractivity contribution in [2.75, 3.05) is 0 Å². The van der Waals surface area contributed by atoms with Gasteiger partial charge in [-0.3, -0.25) is 0 Å². The summed E-state index contributed by atoms with van der Waals surface area (Å²) in [6.07, 6.45) is 3.29. The Labute approximate surface area is 161 Å². The van der Waals surface area contributed by atoms with Crippen LogP contribution in [0.4, 0.5) is 0 Å². The molecule has 0 bridgehead atoms. The molecule has 1 heteroatoms. The van der Waals surface area contributed by atoms with Crippen molar-refractivity contribution in [3.8, 4) is 22.4 Å². The third-order valence-corrected chi connectivity index (χ3v) is 4.89. The van der Waals surface area contributed by atoms with E-state index in [9.17, 15) is 0 Å². The number of aromatic nitrogens is 1. The van der Waals surface area contributed by atoms with Crippen LogP contribution in [-0.4, -0.2) is 0 Å². The zero-order valence-electron chi connectivity index (χ0n) is 15.7. The summed E-state index contributed by atoms with van der Waals surface area (Å²) in [5.74, 6) is 0. The van der Waals surface area contributed by atoms with Crippen molar-refractivity contribution in [3.05, 3.63) is 114 Å². The zero-order valence-corrected chi connectivity index (χ0v) is 15.7. The summed E-state index contributed by atoms with van der Waals surface area (Å²) in [5, 5.41) is 0. The van der Waals surface area contributed by atoms with Crippen LogP contribution in [0, 0.1) is 6.92 Å². The summed E-state index contributed by atoms with van der Waals surface area (Å²) in [5.41, 5.74) is 7.73. The Hall–Kier alpha value is -3.19. The lowest BCUT2D eigenvalue weighted by Gasteiger charge is -2.12. The fourth-order valence-corrected chi connectivity index (χ4v) is 3.62. The molecule has 1 aromatic heterocycles. The minimum Gasteiger partial charge on any atom is -0.197 e. The molecule has 0 spiro atoms. The molecule has 27 heavy (non-hydrogen) atoms. The second-order valence-electron chi connectivity index (χ2n) is 6.94. The molecule has 132 valence electrons. The topological polar surface area (TPSA) is 3.88 Å². The molecule has 0 radical (unpaired) electrons. The van der Waals surface area contributed by atoms with Crippen LogP contribution in [0.25, 0.3) is 22.4 Å². The van der Waals surface area contributed by atoms with Gasteiger partial charge >= 0.3 is 0 Å². The van der Waals surface area contributed by atoms with Gasteiger partial charge in [-0.2, -0.15) is 4.57 Å². The Kier molecular flexibility index (Phi) is 5.11. The van der Waals surface area contributed by atoms with Gasteiger partial charge in [-0.1, -0.05) is 78.9 Å².